The van der Waals surface area contributed by atoms with Crippen LogP contribution in [0.3, 0.4) is 0 Å². The van der Waals surface area contributed by atoms with E-state index in [0.29, 0.717) is 28.1 Å². The second-order valence-electron chi connectivity index (χ2n) is 3.99. The lowest BCUT2D eigenvalue weighted by molar-refractivity contribution is -0.137. The number of halogens is 4. The summed E-state index contributed by atoms with van der Waals surface area (Å²) in [4.78, 5) is 0. The van der Waals surface area contributed by atoms with Gasteiger partial charge in [-0.25, -0.2) is 0 Å². The quantitative estimate of drug-likeness (QED) is 0.897. The number of benzene rings is 1. The van der Waals surface area contributed by atoms with E-state index in [1.807, 2.05) is 0 Å². The molecule has 0 aliphatic heterocycles. The van der Waals surface area contributed by atoms with Crippen LogP contribution >= 0.6 is 15.9 Å². The van der Waals surface area contributed by atoms with Crippen molar-refractivity contribution in [2.75, 3.05) is 7.05 Å². The first-order chi connectivity index (χ1) is 8.91. The molecule has 0 bridgehead atoms. The van der Waals surface area contributed by atoms with Gasteiger partial charge in [0.2, 0.25) is 0 Å². The van der Waals surface area contributed by atoms with Crippen molar-refractivity contribution in [3.63, 3.8) is 0 Å². The molecule has 102 valence electrons. The summed E-state index contributed by atoms with van der Waals surface area (Å²) in [5.41, 5.74) is -0.311. The zero-order valence-corrected chi connectivity index (χ0v) is 11.6. The van der Waals surface area contributed by atoms with Gasteiger partial charge in [-0.15, -0.1) is 0 Å². The Morgan fingerprint density at radius 3 is 2.58 bits per heavy atom. The van der Waals surface area contributed by atoms with Gasteiger partial charge in [0.05, 0.1) is 12.1 Å². The van der Waals surface area contributed by atoms with Crippen LogP contribution in [0.5, 0.6) is 0 Å². The van der Waals surface area contributed by atoms with Crippen molar-refractivity contribution >= 4 is 15.9 Å². The van der Waals surface area contributed by atoms with Crippen molar-refractivity contribution < 1.29 is 17.6 Å². The van der Waals surface area contributed by atoms with Crippen molar-refractivity contribution in [1.29, 1.82) is 0 Å². The Hall–Kier alpha value is -1.27. The zero-order valence-electron chi connectivity index (χ0n) is 10.0. The largest absolute Gasteiger partial charge is 0.460 e. The predicted molar refractivity (Wildman–Crippen MR) is 69.6 cm³/mol. The summed E-state index contributed by atoms with van der Waals surface area (Å²) in [7, 11) is 1.77. The van der Waals surface area contributed by atoms with E-state index in [1.165, 1.54) is 6.07 Å². The molecule has 0 fully saturated rings. The Labute approximate surface area is 116 Å². The standard InChI is InChI=1S/C13H11BrF3NO/c1-18-7-9-3-5-12(19-9)10-6-8(13(15,16)17)2-4-11(10)14/h2-6,18H,7H2,1H3. The van der Waals surface area contributed by atoms with Crippen LogP contribution in [0.25, 0.3) is 11.3 Å². The molecule has 0 radical (unpaired) electrons. The summed E-state index contributed by atoms with van der Waals surface area (Å²) in [5, 5.41) is 2.91. The second-order valence-corrected chi connectivity index (χ2v) is 4.84. The summed E-state index contributed by atoms with van der Waals surface area (Å²) >= 11 is 3.24. The molecule has 0 spiro atoms. The maximum absolute atomic E-state index is 12.7. The summed E-state index contributed by atoms with van der Waals surface area (Å²) < 4.78 is 44.1. The fraction of sp³-hybridized carbons (Fsp3) is 0.231. The van der Waals surface area contributed by atoms with Crippen LogP contribution in [0.1, 0.15) is 11.3 Å². The monoisotopic (exact) mass is 333 g/mol. The van der Waals surface area contributed by atoms with Gasteiger partial charge in [-0.3, -0.25) is 0 Å². The van der Waals surface area contributed by atoms with Gasteiger partial charge in [-0.05, 0) is 37.4 Å². The molecule has 2 nitrogen and oxygen atoms in total. The topological polar surface area (TPSA) is 25.2 Å². The first-order valence-corrected chi connectivity index (χ1v) is 6.31. The highest BCUT2D eigenvalue weighted by atomic mass is 79.9. The molecule has 0 saturated carbocycles. The molecule has 1 aromatic carbocycles. The highest BCUT2D eigenvalue weighted by Crippen LogP contribution is 2.36. The predicted octanol–water partition coefficient (Wildman–Crippen LogP) is 4.45. The van der Waals surface area contributed by atoms with Crippen LogP contribution < -0.4 is 5.32 Å². The number of hydrogen-bond acceptors (Lipinski definition) is 2. The Morgan fingerprint density at radius 1 is 1.21 bits per heavy atom. The Balaban J connectivity index is 2.42. The number of nitrogens with one attached hydrogen (secondary N) is 1. The van der Waals surface area contributed by atoms with Crippen LogP contribution in [-0.2, 0) is 12.7 Å². The van der Waals surface area contributed by atoms with E-state index in [2.05, 4.69) is 21.2 Å². The van der Waals surface area contributed by atoms with Gasteiger partial charge in [0.15, 0.2) is 0 Å². The SMILES string of the molecule is CNCc1ccc(-c2cc(C(F)(F)F)ccc2Br)o1. The van der Waals surface area contributed by atoms with Gasteiger partial charge in [0.1, 0.15) is 11.5 Å². The molecular formula is C13H11BrF3NO. The molecule has 2 aromatic rings. The van der Waals surface area contributed by atoms with Crippen molar-refractivity contribution in [3.05, 3.63) is 46.1 Å². The Kier molecular flexibility index (Phi) is 4.01. The first-order valence-electron chi connectivity index (χ1n) is 5.52. The highest BCUT2D eigenvalue weighted by Gasteiger charge is 2.31. The molecule has 0 aliphatic carbocycles. The number of alkyl halides is 3. The van der Waals surface area contributed by atoms with E-state index in [-0.39, 0.29) is 0 Å². The minimum absolute atomic E-state index is 0.386. The molecule has 0 aliphatic rings. The van der Waals surface area contributed by atoms with Crippen molar-refractivity contribution in [2.24, 2.45) is 0 Å². The maximum Gasteiger partial charge on any atom is 0.416 e. The van der Waals surface area contributed by atoms with Gasteiger partial charge in [0, 0.05) is 10.0 Å². The molecule has 1 N–H and O–H groups in total. The fourth-order valence-corrected chi connectivity index (χ4v) is 2.12. The van der Waals surface area contributed by atoms with Gasteiger partial charge in [0.25, 0.3) is 0 Å². The van der Waals surface area contributed by atoms with E-state index >= 15 is 0 Å². The average Bonchev–Trinajstić information content (AvgIpc) is 2.77. The lowest BCUT2D eigenvalue weighted by atomic mass is 10.1. The first kappa shape index (κ1) is 14.1. The van der Waals surface area contributed by atoms with Gasteiger partial charge in [-0.1, -0.05) is 15.9 Å². The van der Waals surface area contributed by atoms with E-state index in [4.69, 9.17) is 4.42 Å². The molecular weight excluding hydrogens is 323 g/mol. The highest BCUT2D eigenvalue weighted by molar-refractivity contribution is 9.10. The van der Waals surface area contributed by atoms with Crippen LogP contribution in [0.15, 0.2) is 39.2 Å². The number of hydrogen-bond donors (Lipinski definition) is 1. The van der Waals surface area contributed by atoms with E-state index < -0.39 is 11.7 Å². The molecule has 0 atom stereocenters. The van der Waals surface area contributed by atoms with Crippen LogP contribution in [-0.4, -0.2) is 7.05 Å². The van der Waals surface area contributed by atoms with Gasteiger partial charge >= 0.3 is 6.18 Å². The normalized spacial score (nSPS) is 11.8. The smallest absolute Gasteiger partial charge is 0.416 e. The van der Waals surface area contributed by atoms with E-state index in [1.54, 1.807) is 19.2 Å². The van der Waals surface area contributed by atoms with Gasteiger partial charge < -0.3 is 9.73 Å². The third-order valence-electron chi connectivity index (χ3n) is 2.57. The minimum Gasteiger partial charge on any atom is -0.460 e. The van der Waals surface area contributed by atoms with Crippen molar-refractivity contribution in [1.82, 2.24) is 5.32 Å². The summed E-state index contributed by atoms with van der Waals surface area (Å²) in [6.07, 6.45) is -4.37. The summed E-state index contributed by atoms with van der Waals surface area (Å²) in [6.45, 7) is 0.524. The molecule has 6 heteroatoms. The summed E-state index contributed by atoms with van der Waals surface area (Å²) in [5.74, 6) is 1.07. The lowest BCUT2D eigenvalue weighted by Gasteiger charge is -2.09. The zero-order chi connectivity index (χ0) is 14.0. The van der Waals surface area contributed by atoms with E-state index in [9.17, 15) is 13.2 Å². The third kappa shape index (κ3) is 3.19. The third-order valence-corrected chi connectivity index (χ3v) is 3.26. The van der Waals surface area contributed by atoms with E-state index in [0.717, 1.165) is 12.1 Å². The Morgan fingerprint density at radius 2 is 1.95 bits per heavy atom. The summed E-state index contributed by atoms with van der Waals surface area (Å²) in [6, 6.07) is 6.88. The van der Waals surface area contributed by atoms with Crippen molar-refractivity contribution in [3.8, 4) is 11.3 Å². The molecule has 19 heavy (non-hydrogen) atoms. The molecule has 1 heterocycles. The molecule has 0 amide bonds. The average molecular weight is 334 g/mol. The second kappa shape index (κ2) is 5.38. The Bertz CT molecular complexity index is 578. The van der Waals surface area contributed by atoms with Crippen LogP contribution in [0.4, 0.5) is 13.2 Å². The molecule has 1 aromatic heterocycles. The van der Waals surface area contributed by atoms with Crippen LogP contribution in [0, 0.1) is 0 Å². The van der Waals surface area contributed by atoms with Gasteiger partial charge in [-0.2, -0.15) is 13.2 Å². The lowest BCUT2D eigenvalue weighted by Crippen LogP contribution is -2.04. The maximum atomic E-state index is 12.7. The van der Waals surface area contributed by atoms with Crippen LogP contribution in [0.2, 0.25) is 0 Å². The molecule has 2 rings (SSSR count). The number of furan rings is 1. The number of rotatable bonds is 3. The fourth-order valence-electron chi connectivity index (χ4n) is 1.68. The molecule has 0 saturated heterocycles. The van der Waals surface area contributed by atoms with Crippen molar-refractivity contribution in [2.45, 2.75) is 12.7 Å². The molecule has 0 unspecified atom stereocenters. The minimum atomic E-state index is -4.37.